The first-order chi connectivity index (χ1) is 11.6. The Morgan fingerprint density at radius 1 is 1.12 bits per heavy atom. The molecule has 1 saturated carbocycles. The molecule has 5 nitrogen and oxygen atoms in total. The number of nitrogens with zero attached hydrogens (tertiary/aromatic N) is 5. The van der Waals surface area contributed by atoms with E-state index >= 15 is 0 Å². The van der Waals surface area contributed by atoms with Crippen molar-refractivity contribution in [1.29, 1.82) is 0 Å². The fourth-order valence-electron chi connectivity index (χ4n) is 3.53. The van der Waals surface area contributed by atoms with Gasteiger partial charge >= 0.3 is 0 Å². The maximum Gasteiger partial charge on any atom is 0.198 e. The summed E-state index contributed by atoms with van der Waals surface area (Å²) in [6.07, 6.45) is 2.52. The van der Waals surface area contributed by atoms with Crippen LogP contribution >= 0.6 is 12.2 Å². The molecule has 2 fully saturated rings. The van der Waals surface area contributed by atoms with E-state index in [9.17, 15) is 0 Å². The first kappa shape index (κ1) is 15.8. The van der Waals surface area contributed by atoms with Gasteiger partial charge in [0.25, 0.3) is 0 Å². The zero-order valence-corrected chi connectivity index (χ0v) is 15.3. The number of piperazine rings is 1. The number of benzene rings is 1. The number of aryl methyl sites for hydroxylation is 1. The molecule has 1 aromatic heterocycles. The smallest absolute Gasteiger partial charge is 0.198 e. The van der Waals surface area contributed by atoms with E-state index in [0.29, 0.717) is 5.92 Å². The van der Waals surface area contributed by atoms with Crippen LogP contribution in [0, 0.1) is 11.7 Å². The van der Waals surface area contributed by atoms with Gasteiger partial charge in [0.2, 0.25) is 0 Å². The van der Waals surface area contributed by atoms with E-state index in [1.54, 1.807) is 0 Å². The first-order valence-electron chi connectivity index (χ1n) is 8.80. The van der Waals surface area contributed by atoms with E-state index in [1.807, 2.05) is 4.68 Å². The summed E-state index contributed by atoms with van der Waals surface area (Å²) in [7, 11) is 2.05. The third-order valence-corrected chi connectivity index (χ3v) is 5.66. The topological polar surface area (TPSA) is 29.2 Å². The molecule has 1 aromatic carbocycles. The van der Waals surface area contributed by atoms with Gasteiger partial charge in [0.15, 0.2) is 4.77 Å². The highest BCUT2D eigenvalue weighted by Crippen LogP contribution is 2.38. The van der Waals surface area contributed by atoms with Crippen LogP contribution in [0.4, 0.5) is 5.69 Å². The molecule has 2 aromatic rings. The largest absolute Gasteiger partial charge is 0.369 e. The second-order valence-corrected chi connectivity index (χ2v) is 7.37. The van der Waals surface area contributed by atoms with Crippen molar-refractivity contribution in [2.24, 2.45) is 7.05 Å². The van der Waals surface area contributed by atoms with Gasteiger partial charge in [-0.2, -0.15) is 5.10 Å². The van der Waals surface area contributed by atoms with Crippen molar-refractivity contribution < 1.29 is 0 Å². The maximum atomic E-state index is 5.57. The molecule has 6 heteroatoms. The molecule has 0 bridgehead atoms. The highest BCUT2D eigenvalue weighted by Gasteiger charge is 2.29. The van der Waals surface area contributed by atoms with Gasteiger partial charge in [0.05, 0.1) is 6.67 Å². The van der Waals surface area contributed by atoms with Crippen LogP contribution in [-0.4, -0.2) is 45.4 Å². The van der Waals surface area contributed by atoms with E-state index < -0.39 is 0 Å². The highest BCUT2D eigenvalue weighted by molar-refractivity contribution is 7.71. The van der Waals surface area contributed by atoms with Crippen molar-refractivity contribution in [3.8, 4) is 0 Å². The molecular weight excluding hydrogens is 318 g/mol. The second-order valence-electron chi connectivity index (χ2n) is 7.01. The van der Waals surface area contributed by atoms with Gasteiger partial charge in [-0.15, -0.1) is 0 Å². The number of hydrogen-bond acceptors (Lipinski definition) is 4. The van der Waals surface area contributed by atoms with Crippen molar-refractivity contribution in [3.63, 3.8) is 0 Å². The van der Waals surface area contributed by atoms with E-state index in [2.05, 4.69) is 52.6 Å². The number of rotatable bonds is 4. The van der Waals surface area contributed by atoms with Crippen LogP contribution in [0.1, 0.15) is 30.1 Å². The lowest BCUT2D eigenvalue weighted by molar-refractivity contribution is 0.194. The molecule has 4 rings (SSSR count). The van der Waals surface area contributed by atoms with E-state index in [0.717, 1.165) is 37.6 Å². The quantitative estimate of drug-likeness (QED) is 0.798. The highest BCUT2D eigenvalue weighted by atomic mass is 32.1. The van der Waals surface area contributed by atoms with Crippen molar-refractivity contribution in [2.45, 2.75) is 32.4 Å². The monoisotopic (exact) mass is 343 g/mol. The molecule has 0 unspecified atom stereocenters. The second kappa shape index (κ2) is 6.33. The summed E-state index contributed by atoms with van der Waals surface area (Å²) in [5.74, 6) is 1.80. The average molecular weight is 344 g/mol. The normalized spacial score (nSPS) is 19.0. The summed E-state index contributed by atoms with van der Waals surface area (Å²) in [6.45, 7) is 7.20. The minimum atomic E-state index is 0.635. The average Bonchev–Trinajstić information content (AvgIpc) is 3.39. The minimum Gasteiger partial charge on any atom is -0.369 e. The summed E-state index contributed by atoms with van der Waals surface area (Å²) >= 11 is 5.57. The summed E-state index contributed by atoms with van der Waals surface area (Å²) < 4.78 is 4.95. The molecule has 2 heterocycles. The lowest BCUT2D eigenvalue weighted by atomic mass is 10.1. The van der Waals surface area contributed by atoms with Crippen LogP contribution in [-0.2, 0) is 13.7 Å². The van der Waals surface area contributed by atoms with Crippen LogP contribution in [0.3, 0.4) is 0 Å². The van der Waals surface area contributed by atoms with Gasteiger partial charge < -0.3 is 9.47 Å². The Morgan fingerprint density at radius 3 is 2.50 bits per heavy atom. The molecule has 1 aliphatic heterocycles. The van der Waals surface area contributed by atoms with Gasteiger partial charge in [-0.1, -0.05) is 18.2 Å². The van der Waals surface area contributed by atoms with Crippen LogP contribution < -0.4 is 4.90 Å². The van der Waals surface area contributed by atoms with Crippen molar-refractivity contribution >= 4 is 17.9 Å². The fourth-order valence-corrected chi connectivity index (χ4v) is 3.72. The summed E-state index contributed by atoms with van der Waals surface area (Å²) in [5.41, 5.74) is 2.72. The number of aromatic nitrogens is 3. The Labute approximate surface area is 148 Å². The van der Waals surface area contributed by atoms with Crippen LogP contribution in [0.25, 0.3) is 0 Å². The SMILES string of the molecule is Cc1ccccc1N1CCN(Cn2nc(C3CC3)n(C)c2=S)CC1. The van der Waals surface area contributed by atoms with E-state index in [-0.39, 0.29) is 0 Å². The van der Waals surface area contributed by atoms with Crippen molar-refractivity contribution in [2.75, 3.05) is 31.1 Å². The molecule has 24 heavy (non-hydrogen) atoms. The van der Waals surface area contributed by atoms with Crippen LogP contribution in [0.5, 0.6) is 0 Å². The Balaban J connectivity index is 1.41. The van der Waals surface area contributed by atoms with Gasteiger partial charge in [-0.25, -0.2) is 4.68 Å². The van der Waals surface area contributed by atoms with Gasteiger partial charge in [-0.05, 0) is 43.6 Å². The van der Waals surface area contributed by atoms with E-state index in [4.69, 9.17) is 17.3 Å². The lowest BCUT2D eigenvalue weighted by Gasteiger charge is -2.36. The summed E-state index contributed by atoms with van der Waals surface area (Å²) in [6, 6.07) is 8.65. The predicted molar refractivity (Wildman–Crippen MR) is 99.0 cm³/mol. The molecule has 2 aliphatic rings. The molecule has 1 aliphatic carbocycles. The molecule has 0 amide bonds. The zero-order valence-electron chi connectivity index (χ0n) is 14.5. The van der Waals surface area contributed by atoms with Crippen molar-refractivity contribution in [1.82, 2.24) is 19.2 Å². The molecule has 0 atom stereocenters. The fraction of sp³-hybridized carbons (Fsp3) is 0.556. The van der Waals surface area contributed by atoms with Crippen molar-refractivity contribution in [3.05, 3.63) is 40.4 Å². The Hall–Kier alpha value is -1.66. The summed E-state index contributed by atoms with van der Waals surface area (Å²) in [5, 5.41) is 4.78. The molecular formula is C18H25N5S. The Kier molecular flexibility index (Phi) is 4.18. The Bertz CT molecular complexity index is 781. The molecule has 0 N–H and O–H groups in total. The zero-order chi connectivity index (χ0) is 16.7. The predicted octanol–water partition coefficient (Wildman–Crippen LogP) is 2.92. The Morgan fingerprint density at radius 2 is 1.83 bits per heavy atom. The molecule has 128 valence electrons. The number of hydrogen-bond donors (Lipinski definition) is 0. The molecule has 1 saturated heterocycles. The number of anilines is 1. The number of para-hydroxylation sites is 1. The standard InChI is InChI=1S/C18H25N5S/c1-14-5-3-4-6-16(14)22-11-9-21(10-12-22)13-23-18(24)20(2)17(19-23)15-7-8-15/h3-6,15H,7-13H2,1-2H3. The van der Waals surface area contributed by atoms with Gasteiger partial charge in [0.1, 0.15) is 5.82 Å². The van der Waals surface area contributed by atoms with Gasteiger partial charge in [0, 0.05) is 44.8 Å². The first-order valence-corrected chi connectivity index (χ1v) is 9.21. The minimum absolute atomic E-state index is 0.635. The van der Waals surface area contributed by atoms with E-state index in [1.165, 1.54) is 29.9 Å². The maximum absolute atomic E-state index is 5.57. The molecule has 0 spiro atoms. The van der Waals surface area contributed by atoms with Crippen LogP contribution in [0.15, 0.2) is 24.3 Å². The molecule has 0 radical (unpaired) electrons. The van der Waals surface area contributed by atoms with Crippen LogP contribution in [0.2, 0.25) is 0 Å². The third-order valence-electron chi connectivity index (χ3n) is 5.18. The summed E-state index contributed by atoms with van der Waals surface area (Å²) in [4.78, 5) is 4.94. The third kappa shape index (κ3) is 3.00. The van der Waals surface area contributed by atoms with Gasteiger partial charge in [-0.3, -0.25) is 4.90 Å². The lowest BCUT2D eigenvalue weighted by Crippen LogP contribution is -2.47.